The Balaban J connectivity index is 2.10. The SMILES string of the molecule is CC[C@@H](C)NCc1c(C(=O)O)n(Cc2ccc(Cl)cc2)c2ccccc12. The van der Waals surface area contributed by atoms with Crippen molar-refractivity contribution < 1.29 is 9.90 Å². The molecule has 136 valence electrons. The van der Waals surface area contributed by atoms with Crippen LogP contribution in [0.2, 0.25) is 5.02 Å². The van der Waals surface area contributed by atoms with Gasteiger partial charge in [0.25, 0.3) is 0 Å². The van der Waals surface area contributed by atoms with E-state index in [2.05, 4.69) is 19.2 Å². The lowest BCUT2D eigenvalue weighted by Crippen LogP contribution is -2.25. The van der Waals surface area contributed by atoms with Gasteiger partial charge in [-0.15, -0.1) is 0 Å². The maximum Gasteiger partial charge on any atom is 0.352 e. The lowest BCUT2D eigenvalue weighted by Gasteiger charge is -2.12. The Kier molecular flexibility index (Phi) is 5.64. The van der Waals surface area contributed by atoms with Crippen LogP contribution in [-0.4, -0.2) is 21.7 Å². The molecule has 3 rings (SSSR count). The minimum atomic E-state index is -0.906. The Bertz CT molecular complexity index is 916. The van der Waals surface area contributed by atoms with Crippen LogP contribution >= 0.6 is 11.6 Å². The second-order valence-electron chi connectivity index (χ2n) is 6.55. The molecule has 0 unspecified atom stereocenters. The smallest absolute Gasteiger partial charge is 0.352 e. The van der Waals surface area contributed by atoms with Crippen LogP contribution < -0.4 is 5.32 Å². The van der Waals surface area contributed by atoms with E-state index >= 15 is 0 Å². The van der Waals surface area contributed by atoms with E-state index in [0.29, 0.717) is 29.8 Å². The number of benzene rings is 2. The second-order valence-corrected chi connectivity index (χ2v) is 6.99. The number of halogens is 1. The fraction of sp³-hybridized carbons (Fsp3) is 0.286. The number of hydrogen-bond donors (Lipinski definition) is 2. The zero-order valence-electron chi connectivity index (χ0n) is 15.0. The molecule has 4 nitrogen and oxygen atoms in total. The molecule has 0 fully saturated rings. The Labute approximate surface area is 158 Å². The molecule has 5 heteroatoms. The molecule has 2 N–H and O–H groups in total. The number of para-hydroxylation sites is 1. The number of nitrogens with zero attached hydrogens (tertiary/aromatic N) is 1. The molecule has 1 atom stereocenters. The molecule has 1 aromatic heterocycles. The van der Waals surface area contributed by atoms with Crippen molar-refractivity contribution in [2.75, 3.05) is 0 Å². The van der Waals surface area contributed by atoms with E-state index in [1.54, 1.807) is 0 Å². The Morgan fingerprint density at radius 1 is 1.19 bits per heavy atom. The van der Waals surface area contributed by atoms with E-state index in [-0.39, 0.29) is 0 Å². The Morgan fingerprint density at radius 3 is 2.54 bits per heavy atom. The van der Waals surface area contributed by atoms with E-state index in [0.717, 1.165) is 28.5 Å². The van der Waals surface area contributed by atoms with E-state index in [1.807, 2.05) is 53.1 Å². The van der Waals surface area contributed by atoms with Crippen molar-refractivity contribution in [3.05, 3.63) is 70.4 Å². The van der Waals surface area contributed by atoms with Crippen molar-refractivity contribution in [1.29, 1.82) is 0 Å². The van der Waals surface area contributed by atoms with Crippen LogP contribution in [0.5, 0.6) is 0 Å². The van der Waals surface area contributed by atoms with Crippen LogP contribution in [0.1, 0.15) is 41.9 Å². The third kappa shape index (κ3) is 3.76. The first kappa shape index (κ1) is 18.5. The molecule has 0 radical (unpaired) electrons. The van der Waals surface area contributed by atoms with Gasteiger partial charge >= 0.3 is 5.97 Å². The van der Waals surface area contributed by atoms with Crippen molar-refractivity contribution in [1.82, 2.24) is 9.88 Å². The number of hydrogen-bond acceptors (Lipinski definition) is 2. The summed E-state index contributed by atoms with van der Waals surface area (Å²) in [5.74, 6) is -0.906. The predicted molar refractivity (Wildman–Crippen MR) is 106 cm³/mol. The van der Waals surface area contributed by atoms with Crippen molar-refractivity contribution >= 4 is 28.5 Å². The number of rotatable bonds is 7. The summed E-state index contributed by atoms with van der Waals surface area (Å²) in [5, 5.41) is 15.0. The average molecular weight is 371 g/mol. The quantitative estimate of drug-likeness (QED) is 0.620. The highest BCUT2D eigenvalue weighted by Gasteiger charge is 2.22. The molecule has 0 saturated carbocycles. The summed E-state index contributed by atoms with van der Waals surface area (Å²) in [6.07, 6.45) is 0.992. The Hall–Kier alpha value is -2.30. The highest BCUT2D eigenvalue weighted by atomic mass is 35.5. The van der Waals surface area contributed by atoms with Gasteiger partial charge in [0.05, 0.1) is 0 Å². The summed E-state index contributed by atoms with van der Waals surface area (Å²) in [5.41, 5.74) is 3.12. The van der Waals surface area contributed by atoms with Gasteiger partial charge in [-0.3, -0.25) is 0 Å². The zero-order chi connectivity index (χ0) is 18.7. The molecule has 0 bridgehead atoms. The average Bonchev–Trinajstić information content (AvgIpc) is 2.95. The fourth-order valence-electron chi connectivity index (χ4n) is 3.16. The van der Waals surface area contributed by atoms with Gasteiger partial charge in [-0.1, -0.05) is 48.9 Å². The summed E-state index contributed by atoms with van der Waals surface area (Å²) in [4.78, 5) is 12.1. The van der Waals surface area contributed by atoms with E-state index in [9.17, 15) is 9.90 Å². The summed E-state index contributed by atoms with van der Waals surface area (Å²) in [6, 6.07) is 15.7. The standard InChI is InChI=1S/C21H23ClN2O2/c1-3-14(2)23-12-18-17-6-4-5-7-19(17)24(20(18)21(25)26)13-15-8-10-16(22)11-9-15/h4-11,14,23H,3,12-13H2,1-2H3,(H,25,26)/t14-/m1/s1. The summed E-state index contributed by atoms with van der Waals surface area (Å²) < 4.78 is 1.88. The van der Waals surface area contributed by atoms with Crippen molar-refractivity contribution in [3.63, 3.8) is 0 Å². The lowest BCUT2D eigenvalue weighted by molar-refractivity contribution is 0.0684. The third-order valence-corrected chi connectivity index (χ3v) is 5.02. The van der Waals surface area contributed by atoms with Crippen LogP contribution in [0.15, 0.2) is 48.5 Å². The molecule has 0 spiro atoms. The minimum absolute atomic E-state index is 0.329. The number of carboxylic acid groups (broad SMARTS) is 1. The summed E-state index contributed by atoms with van der Waals surface area (Å²) in [6.45, 7) is 5.24. The molecule has 3 aromatic rings. The first-order valence-electron chi connectivity index (χ1n) is 8.82. The summed E-state index contributed by atoms with van der Waals surface area (Å²) in [7, 11) is 0. The third-order valence-electron chi connectivity index (χ3n) is 4.77. The monoisotopic (exact) mass is 370 g/mol. The summed E-state index contributed by atoms with van der Waals surface area (Å²) >= 11 is 5.97. The van der Waals surface area contributed by atoms with Gasteiger partial charge in [0.1, 0.15) is 5.69 Å². The number of carbonyl (C=O) groups is 1. The van der Waals surface area contributed by atoms with Crippen LogP contribution in [0.3, 0.4) is 0 Å². The van der Waals surface area contributed by atoms with Crippen LogP contribution in [0.4, 0.5) is 0 Å². The number of nitrogens with one attached hydrogen (secondary N) is 1. The molecule has 0 amide bonds. The van der Waals surface area contributed by atoms with Gasteiger partial charge in [-0.05, 0) is 37.1 Å². The molecule has 0 aliphatic carbocycles. The van der Waals surface area contributed by atoms with Gasteiger partial charge in [-0.25, -0.2) is 4.79 Å². The van der Waals surface area contributed by atoms with Crippen molar-refractivity contribution in [2.24, 2.45) is 0 Å². The molecule has 1 heterocycles. The number of aromatic carboxylic acids is 1. The largest absolute Gasteiger partial charge is 0.477 e. The van der Waals surface area contributed by atoms with E-state index in [4.69, 9.17) is 11.6 Å². The molecule has 26 heavy (non-hydrogen) atoms. The lowest BCUT2D eigenvalue weighted by atomic mass is 10.1. The molecule has 0 aliphatic heterocycles. The number of carboxylic acids is 1. The molecular weight excluding hydrogens is 348 g/mol. The van der Waals surface area contributed by atoms with E-state index < -0.39 is 5.97 Å². The normalized spacial score (nSPS) is 12.4. The Morgan fingerprint density at radius 2 is 1.88 bits per heavy atom. The van der Waals surface area contributed by atoms with E-state index in [1.165, 1.54) is 0 Å². The zero-order valence-corrected chi connectivity index (χ0v) is 15.8. The van der Waals surface area contributed by atoms with Gasteiger partial charge < -0.3 is 15.0 Å². The van der Waals surface area contributed by atoms with Crippen molar-refractivity contribution in [3.8, 4) is 0 Å². The van der Waals surface area contributed by atoms with Crippen LogP contribution in [0, 0.1) is 0 Å². The maximum absolute atomic E-state index is 12.1. The molecular formula is C21H23ClN2O2. The van der Waals surface area contributed by atoms with Gasteiger partial charge in [0, 0.05) is 40.6 Å². The molecule has 0 aliphatic rings. The fourth-order valence-corrected chi connectivity index (χ4v) is 3.28. The highest BCUT2D eigenvalue weighted by Crippen LogP contribution is 2.28. The van der Waals surface area contributed by atoms with Crippen LogP contribution in [-0.2, 0) is 13.1 Å². The molecule has 2 aromatic carbocycles. The second kappa shape index (κ2) is 7.94. The van der Waals surface area contributed by atoms with Gasteiger partial charge in [0.15, 0.2) is 0 Å². The number of aromatic nitrogens is 1. The molecule has 0 saturated heterocycles. The van der Waals surface area contributed by atoms with Crippen LogP contribution in [0.25, 0.3) is 10.9 Å². The topological polar surface area (TPSA) is 54.3 Å². The van der Waals surface area contributed by atoms with Gasteiger partial charge in [0.2, 0.25) is 0 Å². The highest BCUT2D eigenvalue weighted by molar-refractivity contribution is 6.30. The van der Waals surface area contributed by atoms with Gasteiger partial charge in [-0.2, -0.15) is 0 Å². The van der Waals surface area contributed by atoms with Crippen molar-refractivity contribution in [2.45, 2.75) is 39.4 Å². The predicted octanol–water partition coefficient (Wildman–Crippen LogP) is 4.93. The first-order valence-corrected chi connectivity index (χ1v) is 9.20. The first-order chi connectivity index (χ1) is 12.5. The minimum Gasteiger partial charge on any atom is -0.477 e. The number of fused-ring (bicyclic) bond motifs is 1. The maximum atomic E-state index is 12.1.